The lowest BCUT2D eigenvalue weighted by Crippen LogP contribution is -2.18. The van der Waals surface area contributed by atoms with Crippen LogP contribution in [0.2, 0.25) is 0 Å². The van der Waals surface area contributed by atoms with Crippen LogP contribution in [0.15, 0.2) is 18.3 Å². The molecule has 0 saturated heterocycles. The summed E-state index contributed by atoms with van der Waals surface area (Å²) in [5.74, 6) is 0.500. The van der Waals surface area contributed by atoms with Crippen molar-refractivity contribution in [2.24, 2.45) is 5.73 Å². The van der Waals surface area contributed by atoms with Crippen LogP contribution in [0.5, 0.6) is 0 Å². The Kier molecular flexibility index (Phi) is 3.07. The van der Waals surface area contributed by atoms with E-state index in [1.54, 1.807) is 18.3 Å². The summed E-state index contributed by atoms with van der Waals surface area (Å²) >= 11 is 0. The number of hydrogen-bond acceptors (Lipinski definition) is 6. The predicted molar refractivity (Wildman–Crippen MR) is 62.0 cm³/mol. The molecule has 1 atom stereocenters. The number of nitrogens with two attached hydrogens (primary N) is 1. The summed E-state index contributed by atoms with van der Waals surface area (Å²) in [6.07, 6.45) is 3.08. The summed E-state index contributed by atoms with van der Waals surface area (Å²) in [5, 5.41) is 11.9. The van der Waals surface area contributed by atoms with Crippen molar-refractivity contribution < 1.29 is 8.42 Å². The molecule has 0 aliphatic heterocycles. The molecule has 0 bridgehead atoms. The summed E-state index contributed by atoms with van der Waals surface area (Å²) in [7, 11) is -3.02. The van der Waals surface area contributed by atoms with Gasteiger partial charge in [-0.3, -0.25) is 0 Å². The first-order valence-corrected chi connectivity index (χ1v) is 7.13. The van der Waals surface area contributed by atoms with Gasteiger partial charge in [0.15, 0.2) is 11.5 Å². The molecule has 92 valence electrons. The predicted octanol–water partition coefficient (Wildman–Crippen LogP) is -0.441. The molecule has 17 heavy (non-hydrogen) atoms. The Morgan fingerprint density at radius 2 is 2.24 bits per heavy atom. The molecule has 2 aromatic rings. The standard InChI is InChI=1S/C9H13N5O2S/c1-17(15,16)6-4-7(10)9-13-12-8-3-2-5-11-14(8)9/h2-3,5,7H,4,6,10H2,1H3. The number of fused-ring (bicyclic) bond motifs is 1. The third kappa shape index (κ3) is 2.77. The lowest BCUT2D eigenvalue weighted by atomic mass is 10.2. The van der Waals surface area contributed by atoms with Crippen molar-refractivity contribution in [2.75, 3.05) is 12.0 Å². The molecule has 0 aliphatic carbocycles. The van der Waals surface area contributed by atoms with Gasteiger partial charge in [-0.2, -0.15) is 9.61 Å². The zero-order valence-electron chi connectivity index (χ0n) is 9.31. The van der Waals surface area contributed by atoms with Gasteiger partial charge in [-0.15, -0.1) is 10.2 Å². The fourth-order valence-corrected chi connectivity index (χ4v) is 2.14. The maximum Gasteiger partial charge on any atom is 0.177 e. The zero-order chi connectivity index (χ0) is 12.5. The van der Waals surface area contributed by atoms with Gasteiger partial charge in [-0.05, 0) is 18.6 Å². The summed E-state index contributed by atoms with van der Waals surface area (Å²) in [6, 6.07) is 3.01. The van der Waals surface area contributed by atoms with E-state index in [-0.39, 0.29) is 5.75 Å². The van der Waals surface area contributed by atoms with Crippen LogP contribution in [0, 0.1) is 0 Å². The van der Waals surface area contributed by atoms with Crippen molar-refractivity contribution in [3.05, 3.63) is 24.2 Å². The summed E-state index contributed by atoms with van der Waals surface area (Å²) in [5.41, 5.74) is 6.48. The molecule has 0 aromatic carbocycles. The SMILES string of the molecule is CS(=O)(=O)CCC(N)c1nnc2cccnn12. The molecular formula is C9H13N5O2S. The van der Waals surface area contributed by atoms with Crippen LogP contribution in [0.25, 0.3) is 5.65 Å². The highest BCUT2D eigenvalue weighted by molar-refractivity contribution is 7.90. The molecule has 8 heteroatoms. The van der Waals surface area contributed by atoms with Crippen molar-refractivity contribution in [1.29, 1.82) is 0 Å². The Morgan fingerprint density at radius 3 is 2.94 bits per heavy atom. The monoisotopic (exact) mass is 255 g/mol. The van der Waals surface area contributed by atoms with E-state index in [2.05, 4.69) is 15.3 Å². The highest BCUT2D eigenvalue weighted by Crippen LogP contribution is 2.12. The van der Waals surface area contributed by atoms with Gasteiger partial charge in [0.05, 0.1) is 11.8 Å². The Morgan fingerprint density at radius 1 is 1.47 bits per heavy atom. The fourth-order valence-electron chi connectivity index (χ4n) is 1.46. The number of rotatable bonds is 4. The Balaban J connectivity index is 2.22. The van der Waals surface area contributed by atoms with E-state index >= 15 is 0 Å². The summed E-state index contributed by atoms with van der Waals surface area (Å²) < 4.78 is 23.6. The maximum atomic E-state index is 11.1. The second-order valence-electron chi connectivity index (χ2n) is 3.88. The third-order valence-electron chi connectivity index (χ3n) is 2.33. The first-order chi connectivity index (χ1) is 7.97. The van der Waals surface area contributed by atoms with Gasteiger partial charge in [-0.1, -0.05) is 0 Å². The first kappa shape index (κ1) is 11.9. The van der Waals surface area contributed by atoms with Crippen LogP contribution in [0.4, 0.5) is 0 Å². The van der Waals surface area contributed by atoms with Crippen LogP contribution in [-0.2, 0) is 9.84 Å². The quantitative estimate of drug-likeness (QED) is 0.794. The molecule has 0 amide bonds. The van der Waals surface area contributed by atoms with E-state index in [9.17, 15) is 8.42 Å². The van der Waals surface area contributed by atoms with Gasteiger partial charge in [0.25, 0.3) is 0 Å². The van der Waals surface area contributed by atoms with Crippen LogP contribution in [0.3, 0.4) is 0 Å². The third-order valence-corrected chi connectivity index (χ3v) is 3.31. The molecule has 2 rings (SSSR count). The minimum absolute atomic E-state index is 0.0237. The van der Waals surface area contributed by atoms with Gasteiger partial charge < -0.3 is 5.73 Å². The topological polar surface area (TPSA) is 103 Å². The number of aromatic nitrogens is 4. The van der Waals surface area contributed by atoms with Gasteiger partial charge >= 0.3 is 0 Å². The Labute approximate surface area is 98.6 Å². The van der Waals surface area contributed by atoms with E-state index < -0.39 is 15.9 Å². The van der Waals surface area contributed by atoms with E-state index in [1.165, 1.54) is 10.8 Å². The van der Waals surface area contributed by atoms with Gasteiger partial charge in [0.1, 0.15) is 9.84 Å². The normalized spacial score (nSPS) is 14.0. The lowest BCUT2D eigenvalue weighted by Gasteiger charge is -2.07. The van der Waals surface area contributed by atoms with Gasteiger partial charge in [-0.25, -0.2) is 8.42 Å². The molecule has 2 aromatic heterocycles. The average Bonchev–Trinajstić information content (AvgIpc) is 2.68. The zero-order valence-corrected chi connectivity index (χ0v) is 10.1. The minimum Gasteiger partial charge on any atom is -0.321 e. The maximum absolute atomic E-state index is 11.1. The largest absolute Gasteiger partial charge is 0.321 e. The summed E-state index contributed by atoms with van der Waals surface area (Å²) in [4.78, 5) is 0. The molecule has 0 aliphatic rings. The molecule has 2 heterocycles. The minimum atomic E-state index is -3.02. The fraction of sp³-hybridized carbons (Fsp3) is 0.444. The molecule has 1 unspecified atom stereocenters. The van der Waals surface area contributed by atoms with Crippen molar-refractivity contribution in [2.45, 2.75) is 12.5 Å². The van der Waals surface area contributed by atoms with Crippen LogP contribution < -0.4 is 5.73 Å². The smallest absolute Gasteiger partial charge is 0.177 e. The van der Waals surface area contributed by atoms with Crippen molar-refractivity contribution in [1.82, 2.24) is 19.8 Å². The second kappa shape index (κ2) is 4.38. The molecule has 0 spiro atoms. The number of nitrogens with zero attached hydrogens (tertiary/aromatic N) is 4. The highest BCUT2D eigenvalue weighted by Gasteiger charge is 2.16. The van der Waals surface area contributed by atoms with Crippen LogP contribution in [0.1, 0.15) is 18.3 Å². The molecular weight excluding hydrogens is 242 g/mol. The highest BCUT2D eigenvalue weighted by atomic mass is 32.2. The van der Waals surface area contributed by atoms with Gasteiger partial charge in [0.2, 0.25) is 0 Å². The molecule has 2 N–H and O–H groups in total. The van der Waals surface area contributed by atoms with E-state index in [1.807, 2.05) is 0 Å². The van der Waals surface area contributed by atoms with E-state index in [0.29, 0.717) is 17.9 Å². The molecule has 0 fully saturated rings. The molecule has 0 saturated carbocycles. The molecule has 7 nitrogen and oxygen atoms in total. The van der Waals surface area contributed by atoms with Crippen LogP contribution in [-0.4, -0.2) is 40.2 Å². The number of sulfone groups is 1. The first-order valence-electron chi connectivity index (χ1n) is 5.07. The summed E-state index contributed by atoms with van der Waals surface area (Å²) in [6.45, 7) is 0. The lowest BCUT2D eigenvalue weighted by molar-refractivity contribution is 0.581. The second-order valence-corrected chi connectivity index (χ2v) is 6.14. The molecule has 0 radical (unpaired) electrons. The van der Waals surface area contributed by atoms with E-state index in [4.69, 9.17) is 5.73 Å². The van der Waals surface area contributed by atoms with Crippen LogP contribution >= 0.6 is 0 Å². The number of hydrogen-bond donors (Lipinski definition) is 1. The van der Waals surface area contributed by atoms with Crippen molar-refractivity contribution in [3.8, 4) is 0 Å². The Bertz CT molecular complexity index is 621. The Hall–Kier alpha value is -1.54. The van der Waals surface area contributed by atoms with Crippen molar-refractivity contribution >= 4 is 15.5 Å². The average molecular weight is 255 g/mol. The van der Waals surface area contributed by atoms with E-state index in [0.717, 1.165) is 0 Å². The van der Waals surface area contributed by atoms with Crippen molar-refractivity contribution in [3.63, 3.8) is 0 Å². The van der Waals surface area contributed by atoms with Gasteiger partial charge in [0, 0.05) is 12.5 Å².